The molecule has 0 aliphatic heterocycles. The average molecular weight is 253 g/mol. The van der Waals surface area contributed by atoms with Crippen LogP contribution in [-0.4, -0.2) is 23.6 Å². The molecule has 1 aromatic heterocycles. The molecule has 4 nitrogen and oxygen atoms in total. The van der Waals surface area contributed by atoms with E-state index in [1.54, 1.807) is 11.3 Å². The van der Waals surface area contributed by atoms with Crippen molar-refractivity contribution in [1.82, 2.24) is 15.6 Å². The molecule has 0 aromatic carbocycles. The molecular formula is C12H19N3OS. The first-order chi connectivity index (χ1) is 8.24. The van der Waals surface area contributed by atoms with E-state index in [1.807, 2.05) is 12.3 Å². The molecule has 17 heavy (non-hydrogen) atoms. The van der Waals surface area contributed by atoms with E-state index in [-0.39, 0.29) is 6.03 Å². The van der Waals surface area contributed by atoms with Crippen molar-refractivity contribution in [2.75, 3.05) is 6.54 Å². The first-order valence-corrected chi connectivity index (χ1v) is 7.07. The van der Waals surface area contributed by atoms with Crippen LogP contribution in [0.25, 0.3) is 0 Å². The molecule has 0 spiro atoms. The average Bonchev–Trinajstić information content (AvgIpc) is 2.90. The number of hydrogen-bond acceptors (Lipinski definition) is 3. The number of rotatable bonds is 4. The van der Waals surface area contributed by atoms with Crippen LogP contribution in [-0.2, 0) is 6.42 Å². The molecule has 2 N–H and O–H groups in total. The summed E-state index contributed by atoms with van der Waals surface area (Å²) in [5.74, 6) is 0. The van der Waals surface area contributed by atoms with E-state index in [1.165, 1.54) is 12.8 Å². The second-order valence-corrected chi connectivity index (χ2v) is 5.46. The second kappa shape index (κ2) is 6.00. The largest absolute Gasteiger partial charge is 0.338 e. The summed E-state index contributed by atoms with van der Waals surface area (Å²) in [4.78, 5) is 15.9. The highest BCUT2D eigenvalue weighted by atomic mass is 32.1. The zero-order chi connectivity index (χ0) is 12.1. The molecular weight excluding hydrogens is 234 g/mol. The standard InChI is InChI=1S/C12H19N3OS/c1-9-8-17-11(14-9)6-7-13-12(16)15-10-4-2-3-5-10/h8,10H,2-7H2,1H3,(H2,13,15,16). The van der Waals surface area contributed by atoms with E-state index in [0.29, 0.717) is 12.6 Å². The number of nitrogens with zero attached hydrogens (tertiary/aromatic N) is 1. The monoisotopic (exact) mass is 253 g/mol. The Morgan fingerprint density at radius 1 is 1.53 bits per heavy atom. The van der Waals surface area contributed by atoms with Crippen LogP contribution < -0.4 is 10.6 Å². The van der Waals surface area contributed by atoms with Crippen molar-refractivity contribution < 1.29 is 4.79 Å². The van der Waals surface area contributed by atoms with Gasteiger partial charge in [-0.05, 0) is 19.8 Å². The quantitative estimate of drug-likeness (QED) is 0.864. The Morgan fingerprint density at radius 3 is 2.94 bits per heavy atom. The third-order valence-electron chi connectivity index (χ3n) is 2.98. The Balaban J connectivity index is 1.62. The second-order valence-electron chi connectivity index (χ2n) is 4.51. The highest BCUT2D eigenvalue weighted by Gasteiger charge is 2.16. The van der Waals surface area contributed by atoms with Gasteiger partial charge < -0.3 is 10.6 Å². The number of carbonyl (C=O) groups is 1. The van der Waals surface area contributed by atoms with E-state index < -0.39 is 0 Å². The van der Waals surface area contributed by atoms with Crippen molar-refractivity contribution in [3.05, 3.63) is 16.1 Å². The molecule has 5 heteroatoms. The summed E-state index contributed by atoms with van der Waals surface area (Å²) in [5.41, 5.74) is 1.06. The molecule has 1 aliphatic carbocycles. The Labute approximate surface area is 106 Å². The molecule has 0 bridgehead atoms. The van der Waals surface area contributed by atoms with Crippen molar-refractivity contribution >= 4 is 17.4 Å². The predicted octanol–water partition coefficient (Wildman–Crippen LogP) is 2.24. The Bertz CT molecular complexity index is 372. The zero-order valence-electron chi connectivity index (χ0n) is 10.2. The van der Waals surface area contributed by atoms with Crippen molar-refractivity contribution in [2.24, 2.45) is 0 Å². The van der Waals surface area contributed by atoms with Crippen LogP contribution >= 0.6 is 11.3 Å². The lowest BCUT2D eigenvalue weighted by atomic mass is 10.2. The Morgan fingerprint density at radius 2 is 2.29 bits per heavy atom. The SMILES string of the molecule is Cc1csc(CCNC(=O)NC2CCCC2)n1. The lowest BCUT2D eigenvalue weighted by Crippen LogP contribution is -2.41. The van der Waals surface area contributed by atoms with Crippen LogP contribution in [0.4, 0.5) is 4.79 Å². The van der Waals surface area contributed by atoms with Crippen molar-refractivity contribution in [2.45, 2.75) is 45.1 Å². The number of aryl methyl sites for hydroxylation is 1. The molecule has 1 saturated carbocycles. The fourth-order valence-corrected chi connectivity index (χ4v) is 2.88. The fourth-order valence-electron chi connectivity index (χ4n) is 2.11. The summed E-state index contributed by atoms with van der Waals surface area (Å²) >= 11 is 1.65. The summed E-state index contributed by atoms with van der Waals surface area (Å²) in [6, 6.07) is 0.349. The molecule has 1 heterocycles. The van der Waals surface area contributed by atoms with Crippen LogP contribution in [0.1, 0.15) is 36.4 Å². The first-order valence-electron chi connectivity index (χ1n) is 6.19. The zero-order valence-corrected chi connectivity index (χ0v) is 11.0. The summed E-state index contributed by atoms with van der Waals surface area (Å²) in [7, 11) is 0. The van der Waals surface area contributed by atoms with Crippen LogP contribution in [0, 0.1) is 6.92 Å². The van der Waals surface area contributed by atoms with Gasteiger partial charge in [0, 0.05) is 30.1 Å². The molecule has 94 valence electrons. The van der Waals surface area contributed by atoms with Crippen LogP contribution in [0.15, 0.2) is 5.38 Å². The molecule has 1 fully saturated rings. The summed E-state index contributed by atoms with van der Waals surface area (Å²) in [6.07, 6.45) is 5.54. The number of urea groups is 1. The van der Waals surface area contributed by atoms with E-state index in [9.17, 15) is 4.79 Å². The van der Waals surface area contributed by atoms with Gasteiger partial charge in [-0.3, -0.25) is 0 Å². The lowest BCUT2D eigenvalue weighted by Gasteiger charge is -2.12. The van der Waals surface area contributed by atoms with Gasteiger partial charge in [-0.2, -0.15) is 0 Å². The van der Waals surface area contributed by atoms with E-state index in [2.05, 4.69) is 15.6 Å². The topological polar surface area (TPSA) is 54.0 Å². The van der Waals surface area contributed by atoms with Gasteiger partial charge in [0.2, 0.25) is 0 Å². The maximum Gasteiger partial charge on any atom is 0.315 e. The summed E-state index contributed by atoms with van der Waals surface area (Å²) in [6.45, 7) is 2.64. The van der Waals surface area contributed by atoms with Gasteiger partial charge in [-0.15, -0.1) is 11.3 Å². The third kappa shape index (κ3) is 4.00. The minimum Gasteiger partial charge on any atom is -0.338 e. The number of carbonyl (C=O) groups excluding carboxylic acids is 1. The molecule has 2 rings (SSSR count). The summed E-state index contributed by atoms with van der Waals surface area (Å²) in [5, 5.41) is 9.01. The van der Waals surface area contributed by atoms with Crippen LogP contribution in [0.5, 0.6) is 0 Å². The molecule has 0 radical (unpaired) electrons. The first kappa shape index (κ1) is 12.4. The van der Waals surface area contributed by atoms with E-state index in [0.717, 1.165) is 30.0 Å². The molecule has 0 unspecified atom stereocenters. The van der Waals surface area contributed by atoms with Crippen molar-refractivity contribution in [3.8, 4) is 0 Å². The lowest BCUT2D eigenvalue weighted by molar-refractivity contribution is 0.237. The van der Waals surface area contributed by atoms with Gasteiger partial charge in [0.25, 0.3) is 0 Å². The summed E-state index contributed by atoms with van der Waals surface area (Å²) < 4.78 is 0. The minimum absolute atomic E-state index is 0.0369. The highest BCUT2D eigenvalue weighted by molar-refractivity contribution is 7.09. The van der Waals surface area contributed by atoms with Gasteiger partial charge in [-0.25, -0.2) is 9.78 Å². The number of aromatic nitrogens is 1. The van der Waals surface area contributed by atoms with Gasteiger partial charge in [-0.1, -0.05) is 12.8 Å². The Hall–Kier alpha value is -1.10. The van der Waals surface area contributed by atoms with Gasteiger partial charge in [0.05, 0.1) is 5.01 Å². The molecule has 1 aromatic rings. The third-order valence-corrected chi connectivity index (χ3v) is 4.01. The fraction of sp³-hybridized carbons (Fsp3) is 0.667. The molecule has 0 saturated heterocycles. The molecule has 0 atom stereocenters. The maximum atomic E-state index is 11.6. The Kier molecular flexibility index (Phi) is 4.36. The van der Waals surface area contributed by atoms with Crippen molar-refractivity contribution in [1.29, 1.82) is 0 Å². The number of thiazole rings is 1. The minimum atomic E-state index is -0.0369. The van der Waals surface area contributed by atoms with Crippen LogP contribution in [0.3, 0.4) is 0 Å². The van der Waals surface area contributed by atoms with Gasteiger partial charge >= 0.3 is 6.03 Å². The smallest absolute Gasteiger partial charge is 0.315 e. The van der Waals surface area contributed by atoms with E-state index in [4.69, 9.17) is 0 Å². The molecule has 1 aliphatic rings. The molecule has 2 amide bonds. The number of hydrogen-bond donors (Lipinski definition) is 2. The van der Waals surface area contributed by atoms with Crippen LogP contribution in [0.2, 0.25) is 0 Å². The number of amides is 2. The van der Waals surface area contributed by atoms with Gasteiger partial charge in [0.15, 0.2) is 0 Å². The maximum absolute atomic E-state index is 11.6. The van der Waals surface area contributed by atoms with Crippen molar-refractivity contribution in [3.63, 3.8) is 0 Å². The predicted molar refractivity (Wildman–Crippen MR) is 69.3 cm³/mol. The normalized spacial score (nSPS) is 16.1. The number of nitrogens with one attached hydrogen (secondary N) is 2. The van der Waals surface area contributed by atoms with Gasteiger partial charge in [0.1, 0.15) is 0 Å². The highest BCUT2D eigenvalue weighted by Crippen LogP contribution is 2.17. The van der Waals surface area contributed by atoms with E-state index >= 15 is 0 Å².